The molecule has 3 saturated carbocycles. The second kappa shape index (κ2) is 17.8. The van der Waals surface area contributed by atoms with Crippen LogP contribution in [0.5, 0.6) is 0 Å². The van der Waals surface area contributed by atoms with E-state index < -0.39 is 0 Å². The Balaban J connectivity index is 1.32. The van der Waals surface area contributed by atoms with Gasteiger partial charge in [-0.05, 0) is 44.9 Å². The molecule has 3 fully saturated rings. The molecular weight excluding hydrogens is 468 g/mol. The van der Waals surface area contributed by atoms with E-state index >= 15 is 0 Å². The molecule has 0 aromatic heterocycles. The summed E-state index contributed by atoms with van der Waals surface area (Å²) in [5.41, 5.74) is -0.315. The first kappa shape index (κ1) is 31.6. The van der Waals surface area contributed by atoms with E-state index in [9.17, 15) is 14.4 Å². The van der Waals surface area contributed by atoms with E-state index in [-0.39, 0.29) is 35.3 Å². The van der Waals surface area contributed by atoms with Crippen LogP contribution in [0.15, 0.2) is 0 Å². The van der Waals surface area contributed by atoms with Crippen LogP contribution >= 0.6 is 0 Å². The predicted octanol–water partition coefficient (Wildman–Crippen LogP) is 5.72. The molecule has 0 heterocycles. The van der Waals surface area contributed by atoms with Crippen molar-refractivity contribution in [2.45, 2.75) is 147 Å². The third-order valence-electron chi connectivity index (χ3n) is 8.14. The monoisotopic (exact) mass is 522 g/mol. The topological polar surface area (TPSA) is 105 Å². The van der Waals surface area contributed by atoms with Crippen LogP contribution in [0.25, 0.3) is 0 Å². The van der Waals surface area contributed by atoms with Crippen molar-refractivity contribution in [2.75, 3.05) is 19.8 Å². The number of rotatable bonds is 24. The number of unbranched alkanes of at least 4 members (excludes halogenated alkanes) is 15. The van der Waals surface area contributed by atoms with Gasteiger partial charge >= 0.3 is 5.97 Å². The van der Waals surface area contributed by atoms with E-state index in [4.69, 9.17) is 9.84 Å². The standard InChI is InChI=1S/C30H54N2O5/c1-26(34)37-22-18-14-10-8-6-4-2-3-5-7-9-11-15-19-27(35)32-30-23-29(24-30,25-30)28(36)31-20-16-12-13-17-21-33/h33H,2-25H2,1H3,(H,31,36)(H,32,35). The highest BCUT2D eigenvalue weighted by molar-refractivity contribution is 5.88. The van der Waals surface area contributed by atoms with Gasteiger partial charge in [0.2, 0.25) is 11.8 Å². The molecule has 0 saturated heterocycles. The van der Waals surface area contributed by atoms with E-state index in [1.807, 2.05) is 0 Å². The van der Waals surface area contributed by atoms with Gasteiger partial charge in [-0.3, -0.25) is 14.4 Å². The largest absolute Gasteiger partial charge is 0.466 e. The zero-order chi connectivity index (χ0) is 26.8. The quantitative estimate of drug-likeness (QED) is 0.111. The van der Waals surface area contributed by atoms with Crippen LogP contribution in [0.2, 0.25) is 0 Å². The van der Waals surface area contributed by atoms with Gasteiger partial charge < -0.3 is 20.5 Å². The Kier molecular flexibility index (Phi) is 15.2. The molecular formula is C30H54N2O5. The lowest BCUT2D eigenvalue weighted by Gasteiger charge is -2.69. The molecule has 7 heteroatoms. The van der Waals surface area contributed by atoms with Gasteiger partial charge in [0.05, 0.1) is 12.0 Å². The van der Waals surface area contributed by atoms with Gasteiger partial charge in [0.25, 0.3) is 0 Å². The molecule has 0 spiro atoms. The molecule has 0 aromatic rings. The van der Waals surface area contributed by atoms with Crippen molar-refractivity contribution in [3.63, 3.8) is 0 Å². The van der Waals surface area contributed by atoms with Gasteiger partial charge in [-0.25, -0.2) is 0 Å². The molecule has 7 nitrogen and oxygen atoms in total. The number of ether oxygens (including phenoxy) is 1. The Morgan fingerprint density at radius 2 is 1.19 bits per heavy atom. The minimum Gasteiger partial charge on any atom is -0.466 e. The summed E-state index contributed by atoms with van der Waals surface area (Å²) in [7, 11) is 0. The summed E-state index contributed by atoms with van der Waals surface area (Å²) in [4.78, 5) is 35.5. The van der Waals surface area contributed by atoms with Crippen LogP contribution in [0.3, 0.4) is 0 Å². The molecule has 214 valence electrons. The highest BCUT2D eigenvalue weighted by Gasteiger charge is 2.71. The number of esters is 1. The zero-order valence-electron chi connectivity index (χ0n) is 23.6. The zero-order valence-corrected chi connectivity index (χ0v) is 23.6. The SMILES string of the molecule is CC(=O)OCCCCCCCCCCCCCCCC(=O)NC12CC(C(=O)NCCCCCCO)(C1)C2. The third-order valence-corrected chi connectivity index (χ3v) is 8.14. The number of carbonyl (C=O) groups is 3. The first-order valence-corrected chi connectivity index (χ1v) is 15.2. The molecule has 2 bridgehead atoms. The molecule has 0 aliphatic heterocycles. The molecule has 3 aliphatic carbocycles. The fourth-order valence-electron chi connectivity index (χ4n) is 6.05. The van der Waals surface area contributed by atoms with Gasteiger partial charge in [0.1, 0.15) is 0 Å². The van der Waals surface area contributed by atoms with Crippen LogP contribution in [0.4, 0.5) is 0 Å². The lowest BCUT2D eigenvalue weighted by Crippen LogP contribution is -2.78. The van der Waals surface area contributed by atoms with Crippen molar-refractivity contribution >= 4 is 17.8 Å². The van der Waals surface area contributed by atoms with Crippen molar-refractivity contribution in [1.82, 2.24) is 10.6 Å². The smallest absolute Gasteiger partial charge is 0.302 e. The molecule has 2 amide bonds. The average Bonchev–Trinajstić information content (AvgIpc) is 2.82. The fraction of sp³-hybridized carbons (Fsp3) is 0.900. The van der Waals surface area contributed by atoms with Crippen LogP contribution in [-0.2, 0) is 19.1 Å². The Hall–Kier alpha value is -1.63. The highest BCUT2D eigenvalue weighted by Crippen LogP contribution is 2.67. The summed E-state index contributed by atoms with van der Waals surface area (Å²) >= 11 is 0. The van der Waals surface area contributed by atoms with Gasteiger partial charge in [-0.15, -0.1) is 0 Å². The molecule has 37 heavy (non-hydrogen) atoms. The van der Waals surface area contributed by atoms with E-state index in [1.54, 1.807) is 0 Å². The Morgan fingerprint density at radius 3 is 1.73 bits per heavy atom. The second-order valence-corrected chi connectivity index (χ2v) is 11.7. The van der Waals surface area contributed by atoms with Crippen molar-refractivity contribution in [3.05, 3.63) is 0 Å². The summed E-state index contributed by atoms with van der Waals surface area (Å²) in [6, 6.07) is 0. The number of aliphatic hydroxyl groups is 1. The maximum Gasteiger partial charge on any atom is 0.302 e. The van der Waals surface area contributed by atoms with Crippen molar-refractivity contribution in [2.24, 2.45) is 5.41 Å². The van der Waals surface area contributed by atoms with Gasteiger partial charge in [-0.2, -0.15) is 0 Å². The summed E-state index contributed by atoms with van der Waals surface area (Å²) in [5, 5.41) is 15.1. The fourth-order valence-corrected chi connectivity index (χ4v) is 6.05. The first-order valence-electron chi connectivity index (χ1n) is 15.2. The number of hydrogen-bond donors (Lipinski definition) is 3. The van der Waals surface area contributed by atoms with Gasteiger partial charge in [0.15, 0.2) is 0 Å². The van der Waals surface area contributed by atoms with E-state index in [0.29, 0.717) is 19.6 Å². The maximum atomic E-state index is 12.5. The Labute approximate surface area is 225 Å². The van der Waals surface area contributed by atoms with Crippen LogP contribution in [0.1, 0.15) is 142 Å². The maximum absolute atomic E-state index is 12.5. The van der Waals surface area contributed by atoms with Gasteiger partial charge in [0, 0.05) is 32.0 Å². The van der Waals surface area contributed by atoms with Crippen molar-refractivity contribution in [3.8, 4) is 0 Å². The Morgan fingerprint density at radius 1 is 0.703 bits per heavy atom. The van der Waals surface area contributed by atoms with Crippen molar-refractivity contribution in [1.29, 1.82) is 0 Å². The van der Waals surface area contributed by atoms with E-state index in [2.05, 4.69) is 10.6 Å². The summed E-state index contributed by atoms with van der Waals surface area (Å²) in [6.45, 7) is 2.99. The normalized spacial score (nSPS) is 21.6. The van der Waals surface area contributed by atoms with Crippen molar-refractivity contribution < 1.29 is 24.2 Å². The molecule has 3 rings (SSSR count). The lowest BCUT2D eigenvalue weighted by atomic mass is 9.39. The van der Waals surface area contributed by atoms with Crippen LogP contribution < -0.4 is 10.6 Å². The first-order chi connectivity index (χ1) is 17.9. The molecule has 0 radical (unpaired) electrons. The average molecular weight is 523 g/mol. The molecule has 3 aliphatic rings. The number of aliphatic hydroxyl groups excluding tert-OH is 1. The lowest BCUT2D eigenvalue weighted by molar-refractivity contribution is -0.183. The molecule has 0 aromatic carbocycles. The number of amides is 2. The highest BCUT2D eigenvalue weighted by atomic mass is 16.5. The molecule has 3 N–H and O–H groups in total. The Bertz CT molecular complexity index is 661. The third kappa shape index (κ3) is 12.2. The molecule has 0 unspecified atom stereocenters. The predicted molar refractivity (Wildman–Crippen MR) is 147 cm³/mol. The number of carbonyl (C=O) groups excluding carboxylic acids is 3. The number of hydrogen-bond acceptors (Lipinski definition) is 5. The minimum absolute atomic E-state index is 0.0978. The van der Waals surface area contributed by atoms with Crippen LogP contribution in [-0.4, -0.2) is 48.2 Å². The summed E-state index contributed by atoms with van der Waals surface area (Å²) in [6.07, 6.45) is 22.6. The molecule has 0 atom stereocenters. The minimum atomic E-state index is -0.218. The summed E-state index contributed by atoms with van der Waals surface area (Å²) < 4.78 is 4.94. The van der Waals surface area contributed by atoms with Crippen LogP contribution in [0, 0.1) is 5.41 Å². The van der Waals surface area contributed by atoms with Gasteiger partial charge in [-0.1, -0.05) is 83.5 Å². The van der Waals surface area contributed by atoms with E-state index in [0.717, 1.165) is 70.6 Å². The van der Waals surface area contributed by atoms with E-state index in [1.165, 1.54) is 64.7 Å². The second-order valence-electron chi connectivity index (χ2n) is 11.7. The summed E-state index contributed by atoms with van der Waals surface area (Å²) in [5.74, 6) is 0.142. The number of nitrogens with one attached hydrogen (secondary N) is 2.